The Kier molecular flexibility index (Phi) is 9.30. The Morgan fingerprint density at radius 1 is 1.13 bits per heavy atom. The van der Waals surface area contributed by atoms with Crippen LogP contribution in [0, 0.1) is 5.82 Å². The van der Waals surface area contributed by atoms with Gasteiger partial charge in [-0.1, -0.05) is 11.8 Å². The Morgan fingerprint density at radius 2 is 1.79 bits per heavy atom. The second kappa shape index (κ2) is 12.1. The van der Waals surface area contributed by atoms with Crippen molar-refractivity contribution in [3.63, 3.8) is 0 Å². The van der Waals surface area contributed by atoms with Gasteiger partial charge in [-0.2, -0.15) is 5.10 Å². The van der Waals surface area contributed by atoms with E-state index in [1.54, 1.807) is 41.5 Å². The van der Waals surface area contributed by atoms with Crippen molar-refractivity contribution in [1.29, 1.82) is 0 Å². The molecule has 2 N–H and O–H groups in total. The summed E-state index contributed by atoms with van der Waals surface area (Å²) >= 11 is 0.948. The molecule has 1 aromatic rings. The molecule has 2 heterocycles. The molecule has 0 radical (unpaired) electrons. The smallest absolute Gasteiger partial charge is 0.428 e. The number of benzene rings is 1. The zero-order valence-electron chi connectivity index (χ0n) is 22.7. The van der Waals surface area contributed by atoms with Crippen LogP contribution in [0.1, 0.15) is 53.5 Å². The van der Waals surface area contributed by atoms with E-state index in [0.29, 0.717) is 6.42 Å². The maximum Gasteiger partial charge on any atom is 0.428 e. The number of thioether (sulfide) groups is 1. The number of anilines is 1. The number of ether oxygens (including phenoxy) is 4. The van der Waals surface area contributed by atoms with E-state index in [4.69, 9.17) is 18.9 Å². The Labute approximate surface area is 229 Å². The second-order valence-corrected chi connectivity index (χ2v) is 11.9. The van der Waals surface area contributed by atoms with Gasteiger partial charge in [0.2, 0.25) is 0 Å². The summed E-state index contributed by atoms with van der Waals surface area (Å²) in [4.78, 5) is 49.7. The first-order valence-electron chi connectivity index (χ1n) is 12.3. The van der Waals surface area contributed by atoms with Crippen LogP contribution in [0.25, 0.3) is 0 Å². The molecule has 14 heteroatoms. The first-order valence-corrected chi connectivity index (χ1v) is 13.1. The number of nitrogens with zero attached hydrogens (tertiary/aromatic N) is 2. The minimum absolute atomic E-state index is 0.00443. The van der Waals surface area contributed by atoms with Gasteiger partial charge < -0.3 is 24.3 Å². The first-order chi connectivity index (χ1) is 18.1. The lowest BCUT2D eigenvalue weighted by Crippen LogP contribution is -2.38. The molecule has 214 valence electrons. The van der Waals surface area contributed by atoms with Gasteiger partial charge in [0.25, 0.3) is 0 Å². The Hall–Kier alpha value is -3.55. The quantitative estimate of drug-likeness (QED) is 0.172. The summed E-state index contributed by atoms with van der Waals surface area (Å²) in [5.41, 5.74) is 0.985. The van der Waals surface area contributed by atoms with E-state index in [2.05, 4.69) is 15.8 Å². The average molecular weight is 569 g/mol. The molecular formula is C25H33FN4O8S. The van der Waals surface area contributed by atoms with Crippen molar-refractivity contribution in [1.82, 2.24) is 10.7 Å². The first kappa shape index (κ1) is 30.0. The van der Waals surface area contributed by atoms with Crippen LogP contribution in [0.15, 0.2) is 23.3 Å². The zero-order chi connectivity index (χ0) is 29.0. The number of cyclic esters (lactones) is 2. The number of rotatable bonds is 6. The molecule has 2 saturated heterocycles. The molecular weight excluding hydrogens is 535 g/mol. The van der Waals surface area contributed by atoms with Crippen LogP contribution in [0.5, 0.6) is 0 Å². The number of nitrogens with one attached hydrogen (secondary N) is 2. The van der Waals surface area contributed by atoms with Gasteiger partial charge in [-0.05, 0) is 59.7 Å². The number of hydrazone groups is 1. The van der Waals surface area contributed by atoms with Crippen LogP contribution < -0.4 is 15.6 Å². The molecule has 1 aromatic carbocycles. The highest BCUT2D eigenvalue weighted by Crippen LogP contribution is 2.30. The van der Waals surface area contributed by atoms with E-state index in [0.717, 1.165) is 17.8 Å². The number of alkyl carbamates (subject to hydrolysis) is 1. The molecule has 2 aliphatic heterocycles. The third kappa shape index (κ3) is 9.01. The molecule has 3 amide bonds. The van der Waals surface area contributed by atoms with Crippen molar-refractivity contribution in [3.05, 3.63) is 29.6 Å². The van der Waals surface area contributed by atoms with Crippen LogP contribution in [0.2, 0.25) is 0 Å². The Bertz CT molecular complexity index is 1150. The molecule has 1 unspecified atom stereocenters. The minimum atomic E-state index is -0.850. The standard InChI is InChI=1S/C25H33FN4O8S/c1-24(2,3)37-21(32)27-12-15-13-30(23(34)36-15)14-7-8-16(17(26)11-14)19(39-18-9-10-35-20(18)31)28-29-22(33)38-25(4,5)6/h7-8,11,15,18H,9-10,12-13H2,1-6H3,(H,27,32)(H,29,33)/t15-,18?/m1/s1. The fraction of sp³-hybridized carbons (Fsp3) is 0.560. The maximum absolute atomic E-state index is 15.3. The summed E-state index contributed by atoms with van der Waals surface area (Å²) in [6.45, 7) is 10.5. The maximum atomic E-state index is 15.3. The zero-order valence-corrected chi connectivity index (χ0v) is 23.5. The summed E-state index contributed by atoms with van der Waals surface area (Å²) < 4.78 is 36.0. The molecule has 0 saturated carbocycles. The van der Waals surface area contributed by atoms with Crippen molar-refractivity contribution in [2.24, 2.45) is 5.10 Å². The van der Waals surface area contributed by atoms with E-state index in [-0.39, 0.29) is 36.0 Å². The summed E-state index contributed by atoms with van der Waals surface area (Å²) in [5.74, 6) is -1.22. The topological polar surface area (TPSA) is 145 Å². The highest BCUT2D eigenvalue weighted by molar-refractivity contribution is 8.15. The number of halogens is 1. The van der Waals surface area contributed by atoms with Gasteiger partial charge >= 0.3 is 24.2 Å². The van der Waals surface area contributed by atoms with E-state index in [9.17, 15) is 19.2 Å². The van der Waals surface area contributed by atoms with Crippen LogP contribution in [0.4, 0.5) is 24.5 Å². The molecule has 2 fully saturated rings. The van der Waals surface area contributed by atoms with Crippen LogP contribution >= 0.6 is 11.8 Å². The van der Waals surface area contributed by atoms with Gasteiger partial charge in [-0.25, -0.2) is 24.2 Å². The molecule has 39 heavy (non-hydrogen) atoms. The third-order valence-electron chi connectivity index (χ3n) is 5.03. The van der Waals surface area contributed by atoms with Gasteiger partial charge in [-0.15, -0.1) is 0 Å². The normalized spacial score (nSPS) is 19.9. The van der Waals surface area contributed by atoms with E-state index in [1.165, 1.54) is 17.0 Å². The number of hydrogen-bond acceptors (Lipinski definition) is 10. The van der Waals surface area contributed by atoms with Crippen molar-refractivity contribution in [2.45, 2.75) is 70.5 Å². The minimum Gasteiger partial charge on any atom is -0.465 e. The summed E-state index contributed by atoms with van der Waals surface area (Å²) in [6.07, 6.45) is -2.48. The summed E-state index contributed by atoms with van der Waals surface area (Å²) in [5, 5.41) is 5.95. The lowest BCUT2D eigenvalue weighted by Gasteiger charge is -2.20. The van der Waals surface area contributed by atoms with Gasteiger partial charge in [0.15, 0.2) is 0 Å². The fourth-order valence-electron chi connectivity index (χ4n) is 3.46. The second-order valence-electron chi connectivity index (χ2n) is 10.8. The average Bonchev–Trinajstić information content (AvgIpc) is 3.37. The number of hydrogen-bond donors (Lipinski definition) is 2. The molecule has 3 rings (SSSR count). The molecule has 0 aliphatic carbocycles. The fourth-order valence-corrected chi connectivity index (χ4v) is 4.50. The number of carbonyl (C=O) groups excluding carboxylic acids is 4. The molecule has 0 spiro atoms. The highest BCUT2D eigenvalue weighted by atomic mass is 32.2. The third-order valence-corrected chi connectivity index (χ3v) is 6.28. The van der Waals surface area contributed by atoms with E-state index in [1.807, 2.05) is 0 Å². The highest BCUT2D eigenvalue weighted by Gasteiger charge is 2.34. The Balaban J connectivity index is 1.73. The lowest BCUT2D eigenvalue weighted by atomic mass is 10.2. The van der Waals surface area contributed by atoms with Crippen molar-refractivity contribution in [3.8, 4) is 0 Å². The molecule has 12 nitrogen and oxygen atoms in total. The van der Waals surface area contributed by atoms with Gasteiger partial charge in [0, 0.05) is 12.0 Å². The predicted molar refractivity (Wildman–Crippen MR) is 141 cm³/mol. The van der Waals surface area contributed by atoms with Crippen LogP contribution in [0.3, 0.4) is 0 Å². The van der Waals surface area contributed by atoms with Crippen LogP contribution in [-0.2, 0) is 23.7 Å². The molecule has 0 aromatic heterocycles. The lowest BCUT2D eigenvalue weighted by molar-refractivity contribution is -0.137. The van der Waals surface area contributed by atoms with Crippen molar-refractivity contribution < 1.29 is 42.5 Å². The van der Waals surface area contributed by atoms with Gasteiger partial charge in [0.05, 0.1) is 25.4 Å². The molecule has 0 bridgehead atoms. The van der Waals surface area contributed by atoms with E-state index < -0.39 is 52.6 Å². The summed E-state index contributed by atoms with van der Waals surface area (Å²) in [6, 6.07) is 3.99. The molecule has 2 atom stereocenters. The SMILES string of the molecule is CC(C)(C)OC(=O)NC[C@@H]1CN(c2ccc(C(=NNC(=O)OC(C)(C)C)SC3CCOC3=O)c(F)c2)C(=O)O1. The molecule has 2 aliphatic rings. The van der Waals surface area contributed by atoms with Gasteiger partial charge in [-0.3, -0.25) is 9.69 Å². The number of esters is 1. The summed E-state index contributed by atoms with van der Waals surface area (Å²) in [7, 11) is 0. The largest absolute Gasteiger partial charge is 0.465 e. The number of carbonyl (C=O) groups is 4. The van der Waals surface area contributed by atoms with Crippen LogP contribution in [-0.4, -0.2) is 71.5 Å². The van der Waals surface area contributed by atoms with Crippen molar-refractivity contribution >= 4 is 46.7 Å². The van der Waals surface area contributed by atoms with Crippen molar-refractivity contribution in [2.75, 3.05) is 24.6 Å². The van der Waals surface area contributed by atoms with E-state index >= 15 is 4.39 Å². The number of amides is 3. The predicted octanol–water partition coefficient (Wildman–Crippen LogP) is 3.91. The van der Waals surface area contributed by atoms with Gasteiger partial charge in [0.1, 0.15) is 33.4 Å². The Morgan fingerprint density at radius 3 is 2.38 bits per heavy atom. The monoisotopic (exact) mass is 568 g/mol.